The molecule has 25 heavy (non-hydrogen) atoms. The number of amides is 1. The predicted octanol–water partition coefficient (Wildman–Crippen LogP) is 2.90. The molecule has 0 unspecified atom stereocenters. The van der Waals surface area contributed by atoms with Crippen molar-refractivity contribution in [2.45, 2.75) is 12.5 Å². The summed E-state index contributed by atoms with van der Waals surface area (Å²) < 4.78 is 31.2. The molecule has 8 heteroatoms. The molecule has 2 aromatic carbocycles. The number of hydrogen-bond donors (Lipinski definition) is 1. The van der Waals surface area contributed by atoms with Crippen LogP contribution in [-0.4, -0.2) is 33.2 Å². The molecule has 0 fully saturated rings. The molecule has 0 aliphatic carbocycles. The van der Waals surface area contributed by atoms with Gasteiger partial charge in [0.25, 0.3) is 5.91 Å². The first-order chi connectivity index (χ1) is 11.8. The average Bonchev–Trinajstić information content (AvgIpc) is 2.74. The number of nitrogens with one attached hydrogen (secondary N) is 1. The summed E-state index contributed by atoms with van der Waals surface area (Å²) in [5, 5.41) is 3.17. The fraction of sp³-hybridized carbons (Fsp3) is 0.235. The van der Waals surface area contributed by atoms with Crippen molar-refractivity contribution in [1.82, 2.24) is 0 Å². The van der Waals surface area contributed by atoms with Crippen molar-refractivity contribution in [2.24, 2.45) is 0 Å². The summed E-state index contributed by atoms with van der Waals surface area (Å²) in [5.41, 5.74) is 0.988. The van der Waals surface area contributed by atoms with Gasteiger partial charge in [-0.25, -0.2) is 8.42 Å². The molecule has 0 saturated heterocycles. The average molecular weight is 381 g/mol. The van der Waals surface area contributed by atoms with Crippen molar-refractivity contribution in [3.05, 3.63) is 53.6 Å². The lowest BCUT2D eigenvalue weighted by molar-refractivity contribution is -0.122. The molecule has 0 saturated carbocycles. The molecule has 3 rings (SSSR count). The Bertz CT molecular complexity index is 887. The number of anilines is 2. The maximum absolute atomic E-state index is 12.5. The van der Waals surface area contributed by atoms with Crippen LogP contribution in [0.1, 0.15) is 6.42 Å². The van der Waals surface area contributed by atoms with Crippen LogP contribution in [-0.2, 0) is 14.8 Å². The lowest BCUT2D eigenvalue weighted by Gasteiger charge is -2.21. The number of carbonyl (C=O) groups excluding carboxylic acids is 1. The van der Waals surface area contributed by atoms with Gasteiger partial charge in [0.05, 0.1) is 11.9 Å². The van der Waals surface area contributed by atoms with E-state index in [2.05, 4.69) is 5.32 Å². The van der Waals surface area contributed by atoms with Crippen LogP contribution >= 0.6 is 11.6 Å². The Kier molecular flexibility index (Phi) is 4.87. The molecule has 1 aliphatic rings. The molecular weight excluding hydrogens is 364 g/mol. The quantitative estimate of drug-likeness (QED) is 0.888. The Morgan fingerprint density at radius 3 is 2.64 bits per heavy atom. The third-order valence-corrected chi connectivity index (χ3v) is 5.20. The van der Waals surface area contributed by atoms with Gasteiger partial charge in [-0.05, 0) is 30.3 Å². The number of fused-ring (bicyclic) bond motifs is 1. The summed E-state index contributed by atoms with van der Waals surface area (Å²) in [6.07, 6.45) is 0.520. The second kappa shape index (κ2) is 6.93. The van der Waals surface area contributed by atoms with Gasteiger partial charge in [0, 0.05) is 23.7 Å². The van der Waals surface area contributed by atoms with Gasteiger partial charge in [0.2, 0.25) is 10.0 Å². The molecule has 2 aromatic rings. The van der Waals surface area contributed by atoms with Gasteiger partial charge in [-0.1, -0.05) is 29.8 Å². The highest BCUT2D eigenvalue weighted by Gasteiger charge is 2.31. The van der Waals surface area contributed by atoms with Gasteiger partial charge in [-0.2, -0.15) is 0 Å². The van der Waals surface area contributed by atoms with Crippen LogP contribution in [0.4, 0.5) is 11.4 Å². The smallest absolute Gasteiger partial charge is 0.265 e. The van der Waals surface area contributed by atoms with E-state index >= 15 is 0 Å². The van der Waals surface area contributed by atoms with Gasteiger partial charge in [-0.3, -0.25) is 9.10 Å². The Balaban J connectivity index is 1.89. The molecule has 0 aromatic heterocycles. The van der Waals surface area contributed by atoms with Gasteiger partial charge in [0.1, 0.15) is 5.75 Å². The van der Waals surface area contributed by atoms with E-state index in [1.165, 1.54) is 10.4 Å². The van der Waals surface area contributed by atoms with E-state index in [1.54, 1.807) is 24.3 Å². The zero-order chi connectivity index (χ0) is 18.0. The van der Waals surface area contributed by atoms with Crippen LogP contribution < -0.4 is 14.4 Å². The normalized spacial score (nSPS) is 17.2. The van der Waals surface area contributed by atoms with Crippen LogP contribution in [0, 0.1) is 0 Å². The summed E-state index contributed by atoms with van der Waals surface area (Å²) in [5.74, 6) is -0.0250. The fourth-order valence-electron chi connectivity index (χ4n) is 2.63. The number of nitrogens with zero attached hydrogens (tertiary/aromatic N) is 1. The minimum Gasteiger partial charge on any atom is -0.478 e. The van der Waals surface area contributed by atoms with Crippen LogP contribution in [0.3, 0.4) is 0 Å². The third kappa shape index (κ3) is 4.05. The summed E-state index contributed by atoms with van der Waals surface area (Å²) in [6.45, 7) is 0.124. The number of carbonyl (C=O) groups is 1. The topological polar surface area (TPSA) is 75.7 Å². The SMILES string of the molecule is CS(=O)(=O)N1CC[C@H](C(=O)Nc2ccccc2)Oc2ccc(Cl)cc21. The van der Waals surface area contributed by atoms with Crippen molar-refractivity contribution in [3.8, 4) is 5.75 Å². The molecule has 132 valence electrons. The monoisotopic (exact) mass is 380 g/mol. The highest BCUT2D eigenvalue weighted by Crippen LogP contribution is 2.36. The zero-order valence-corrected chi connectivity index (χ0v) is 15.0. The minimum absolute atomic E-state index is 0.124. The molecule has 0 bridgehead atoms. The second-order valence-electron chi connectivity index (χ2n) is 5.70. The first-order valence-electron chi connectivity index (χ1n) is 7.64. The molecule has 1 amide bonds. The Morgan fingerprint density at radius 2 is 1.96 bits per heavy atom. The number of sulfonamides is 1. The number of ether oxygens (including phenoxy) is 1. The highest BCUT2D eigenvalue weighted by molar-refractivity contribution is 7.92. The minimum atomic E-state index is -3.52. The molecule has 1 N–H and O–H groups in total. The van der Waals surface area contributed by atoms with Crippen molar-refractivity contribution >= 4 is 38.9 Å². The van der Waals surface area contributed by atoms with Gasteiger partial charge >= 0.3 is 0 Å². The highest BCUT2D eigenvalue weighted by atomic mass is 35.5. The fourth-order valence-corrected chi connectivity index (χ4v) is 3.73. The number of para-hydroxylation sites is 1. The third-order valence-electron chi connectivity index (χ3n) is 3.79. The second-order valence-corrected chi connectivity index (χ2v) is 8.04. The standard InChI is InChI=1S/C17H17ClN2O4S/c1-25(22,23)20-10-9-16(17(21)19-13-5-3-2-4-6-13)24-15-8-7-12(18)11-14(15)20/h2-8,11,16H,9-10H2,1H3,(H,19,21)/t16-/m1/s1. The van der Waals surface area contributed by atoms with Gasteiger partial charge in [-0.15, -0.1) is 0 Å². The maximum Gasteiger partial charge on any atom is 0.265 e. The van der Waals surface area contributed by atoms with E-state index in [4.69, 9.17) is 16.3 Å². The summed E-state index contributed by atoms with van der Waals surface area (Å²) >= 11 is 6.00. The van der Waals surface area contributed by atoms with E-state index in [-0.39, 0.29) is 18.9 Å². The van der Waals surface area contributed by atoms with Gasteiger partial charge < -0.3 is 10.1 Å². The van der Waals surface area contributed by atoms with Crippen molar-refractivity contribution < 1.29 is 17.9 Å². The van der Waals surface area contributed by atoms with Crippen molar-refractivity contribution in [1.29, 1.82) is 0 Å². The van der Waals surface area contributed by atoms with Crippen LogP contribution in [0.5, 0.6) is 5.75 Å². The number of benzene rings is 2. The molecule has 0 radical (unpaired) electrons. The first-order valence-corrected chi connectivity index (χ1v) is 9.87. The molecule has 1 atom stereocenters. The zero-order valence-electron chi connectivity index (χ0n) is 13.5. The lowest BCUT2D eigenvalue weighted by Crippen LogP contribution is -2.35. The molecular formula is C17H17ClN2O4S. The molecule has 0 spiro atoms. The van der Waals surface area contributed by atoms with E-state index in [0.717, 1.165) is 6.26 Å². The van der Waals surface area contributed by atoms with Crippen LogP contribution in [0.25, 0.3) is 0 Å². The molecule has 1 aliphatic heterocycles. The van der Waals surface area contributed by atoms with E-state index in [0.29, 0.717) is 22.1 Å². The van der Waals surface area contributed by atoms with Crippen LogP contribution in [0.15, 0.2) is 48.5 Å². The Labute approximate surface area is 151 Å². The Hall–Kier alpha value is -2.25. The van der Waals surface area contributed by atoms with Gasteiger partial charge in [0.15, 0.2) is 6.10 Å². The maximum atomic E-state index is 12.5. The lowest BCUT2D eigenvalue weighted by atomic mass is 10.2. The van der Waals surface area contributed by atoms with E-state index in [1.807, 2.05) is 18.2 Å². The summed E-state index contributed by atoms with van der Waals surface area (Å²) in [4.78, 5) is 12.5. The summed E-state index contributed by atoms with van der Waals surface area (Å²) in [6, 6.07) is 13.7. The van der Waals surface area contributed by atoms with E-state index in [9.17, 15) is 13.2 Å². The summed E-state index contributed by atoms with van der Waals surface area (Å²) in [7, 11) is -3.52. The molecule has 1 heterocycles. The van der Waals surface area contributed by atoms with Crippen molar-refractivity contribution in [3.63, 3.8) is 0 Å². The van der Waals surface area contributed by atoms with Crippen LogP contribution in [0.2, 0.25) is 5.02 Å². The van der Waals surface area contributed by atoms with Crippen molar-refractivity contribution in [2.75, 3.05) is 22.4 Å². The van der Waals surface area contributed by atoms with E-state index < -0.39 is 16.1 Å². The number of hydrogen-bond acceptors (Lipinski definition) is 4. The number of halogens is 1. The molecule has 6 nitrogen and oxygen atoms in total. The predicted molar refractivity (Wildman–Crippen MR) is 97.7 cm³/mol. The first kappa shape index (κ1) is 17.6. The number of rotatable bonds is 3. The Morgan fingerprint density at radius 1 is 1.24 bits per heavy atom. The largest absolute Gasteiger partial charge is 0.478 e.